The largest absolute Gasteiger partial charge is 0.444 e. The van der Waals surface area contributed by atoms with Gasteiger partial charge in [0.15, 0.2) is 11.5 Å². The summed E-state index contributed by atoms with van der Waals surface area (Å²) in [5.74, 6) is 1.26. The molecule has 3 aromatic rings. The summed E-state index contributed by atoms with van der Waals surface area (Å²) in [6.45, 7) is 12.5. The molecule has 1 saturated heterocycles. The Balaban J connectivity index is 1.29. The highest BCUT2D eigenvalue weighted by Crippen LogP contribution is 2.35. The standard InChI is InChI=1S/C26H32N6O4/c1-16-14-20-22(35-17(2)28-20)15-19(16)29-24(33)32-9-7-18-21(6-8-27-23(18)32)30-10-12-31(13-11-30)25(34)36-26(3,4)5/h6,8,14-15H,7,9-13H2,1-5H3,(H,29,33). The van der Waals surface area contributed by atoms with Crippen LogP contribution in [-0.2, 0) is 11.2 Å². The van der Waals surface area contributed by atoms with Crippen LogP contribution < -0.4 is 15.1 Å². The Hall–Kier alpha value is -3.82. The van der Waals surface area contributed by atoms with Crippen LogP contribution in [0.5, 0.6) is 0 Å². The molecule has 10 nitrogen and oxygen atoms in total. The number of carbonyl (C=O) groups is 2. The molecule has 1 N–H and O–H groups in total. The second-order valence-corrected chi connectivity index (χ2v) is 10.3. The number of urea groups is 1. The number of carbonyl (C=O) groups excluding carboxylic acids is 2. The van der Waals surface area contributed by atoms with E-state index >= 15 is 0 Å². The van der Waals surface area contributed by atoms with Gasteiger partial charge < -0.3 is 24.3 Å². The Bertz CT molecular complexity index is 1320. The van der Waals surface area contributed by atoms with E-state index in [-0.39, 0.29) is 12.1 Å². The number of anilines is 3. The summed E-state index contributed by atoms with van der Waals surface area (Å²) in [6, 6.07) is 5.49. The van der Waals surface area contributed by atoms with Gasteiger partial charge in [0.2, 0.25) is 0 Å². The van der Waals surface area contributed by atoms with Gasteiger partial charge in [-0.3, -0.25) is 4.90 Å². The van der Waals surface area contributed by atoms with Crippen LogP contribution >= 0.6 is 0 Å². The summed E-state index contributed by atoms with van der Waals surface area (Å²) in [6.07, 6.45) is 2.19. The molecule has 0 bridgehead atoms. The van der Waals surface area contributed by atoms with Gasteiger partial charge in [0.05, 0.1) is 0 Å². The molecule has 36 heavy (non-hydrogen) atoms. The van der Waals surface area contributed by atoms with Gasteiger partial charge in [-0.05, 0) is 51.8 Å². The third-order valence-electron chi connectivity index (χ3n) is 6.45. The number of nitrogens with one attached hydrogen (secondary N) is 1. The minimum Gasteiger partial charge on any atom is -0.444 e. The number of rotatable bonds is 2. The van der Waals surface area contributed by atoms with Crippen LogP contribution in [0.3, 0.4) is 0 Å². The average molecular weight is 493 g/mol. The maximum absolute atomic E-state index is 13.2. The van der Waals surface area contributed by atoms with Gasteiger partial charge in [-0.15, -0.1) is 0 Å². The molecule has 0 atom stereocenters. The van der Waals surface area contributed by atoms with Crippen molar-refractivity contribution in [3.63, 3.8) is 0 Å². The molecule has 0 saturated carbocycles. The maximum Gasteiger partial charge on any atom is 0.410 e. The highest BCUT2D eigenvalue weighted by molar-refractivity contribution is 6.04. The number of oxazole rings is 1. The summed E-state index contributed by atoms with van der Waals surface area (Å²) < 4.78 is 11.1. The molecule has 1 aromatic carbocycles. The number of benzene rings is 1. The SMILES string of the molecule is Cc1nc2cc(C)c(NC(=O)N3CCc4c(N5CCN(C(=O)OC(C)(C)C)CC5)ccnc43)cc2o1. The zero-order valence-electron chi connectivity index (χ0n) is 21.4. The highest BCUT2D eigenvalue weighted by Gasteiger charge is 2.32. The van der Waals surface area contributed by atoms with Crippen molar-refractivity contribution in [2.75, 3.05) is 47.8 Å². The normalized spacial score (nSPS) is 15.9. The van der Waals surface area contributed by atoms with E-state index in [2.05, 4.69) is 20.2 Å². The van der Waals surface area contributed by atoms with E-state index in [0.717, 1.165) is 28.8 Å². The number of aryl methyl sites for hydroxylation is 2. The van der Waals surface area contributed by atoms with E-state index in [0.29, 0.717) is 55.7 Å². The van der Waals surface area contributed by atoms with Crippen molar-refractivity contribution in [2.45, 2.75) is 46.6 Å². The van der Waals surface area contributed by atoms with Crippen LogP contribution in [0.2, 0.25) is 0 Å². The first-order valence-electron chi connectivity index (χ1n) is 12.3. The number of aromatic nitrogens is 2. The first kappa shape index (κ1) is 23.9. The number of nitrogens with zero attached hydrogens (tertiary/aromatic N) is 5. The fourth-order valence-corrected chi connectivity index (χ4v) is 4.73. The second-order valence-electron chi connectivity index (χ2n) is 10.3. The molecule has 2 aliphatic rings. The van der Waals surface area contributed by atoms with E-state index in [1.54, 1.807) is 22.9 Å². The van der Waals surface area contributed by atoms with E-state index in [4.69, 9.17) is 9.15 Å². The fraction of sp³-hybridized carbons (Fsp3) is 0.462. The zero-order chi connectivity index (χ0) is 25.6. The number of amides is 3. The molecule has 4 heterocycles. The number of hydrogen-bond donors (Lipinski definition) is 1. The number of piperazine rings is 1. The van der Waals surface area contributed by atoms with Crippen molar-refractivity contribution in [1.29, 1.82) is 0 Å². The van der Waals surface area contributed by atoms with Crippen molar-refractivity contribution in [1.82, 2.24) is 14.9 Å². The van der Waals surface area contributed by atoms with Crippen LogP contribution in [-0.4, -0.2) is 65.3 Å². The Labute approximate surface area is 210 Å². The Kier molecular flexibility index (Phi) is 5.97. The molecule has 0 aliphatic carbocycles. The number of ether oxygens (including phenoxy) is 1. The lowest BCUT2D eigenvalue weighted by Crippen LogP contribution is -2.50. The number of pyridine rings is 1. The molecule has 3 amide bonds. The third-order valence-corrected chi connectivity index (χ3v) is 6.45. The fourth-order valence-electron chi connectivity index (χ4n) is 4.73. The van der Waals surface area contributed by atoms with Crippen LogP contribution in [0.25, 0.3) is 11.1 Å². The first-order valence-corrected chi connectivity index (χ1v) is 12.3. The monoisotopic (exact) mass is 492 g/mol. The Morgan fingerprint density at radius 2 is 1.83 bits per heavy atom. The van der Waals surface area contributed by atoms with Crippen molar-refractivity contribution in [2.24, 2.45) is 0 Å². The molecule has 5 rings (SSSR count). The minimum atomic E-state index is -0.512. The smallest absolute Gasteiger partial charge is 0.410 e. The maximum atomic E-state index is 13.2. The van der Waals surface area contributed by atoms with Crippen molar-refractivity contribution in [3.8, 4) is 0 Å². The van der Waals surface area contributed by atoms with E-state index in [1.807, 2.05) is 45.9 Å². The highest BCUT2D eigenvalue weighted by atomic mass is 16.6. The van der Waals surface area contributed by atoms with Crippen molar-refractivity contribution < 1.29 is 18.7 Å². The van der Waals surface area contributed by atoms with Gasteiger partial charge in [-0.2, -0.15) is 0 Å². The Morgan fingerprint density at radius 1 is 1.08 bits per heavy atom. The van der Waals surface area contributed by atoms with Gasteiger partial charge in [0.1, 0.15) is 16.9 Å². The van der Waals surface area contributed by atoms with Crippen molar-refractivity contribution in [3.05, 3.63) is 41.4 Å². The molecular weight excluding hydrogens is 460 g/mol. The van der Waals surface area contributed by atoms with Crippen LogP contribution in [0.15, 0.2) is 28.8 Å². The van der Waals surface area contributed by atoms with Gasteiger partial charge in [-0.1, -0.05) is 0 Å². The van der Waals surface area contributed by atoms with E-state index < -0.39 is 5.60 Å². The third kappa shape index (κ3) is 4.67. The predicted octanol–water partition coefficient (Wildman–Crippen LogP) is 4.49. The van der Waals surface area contributed by atoms with Gasteiger partial charge in [0, 0.05) is 68.8 Å². The second kappa shape index (κ2) is 9.00. The minimum absolute atomic E-state index is 0.230. The molecule has 190 valence electrons. The van der Waals surface area contributed by atoms with Gasteiger partial charge in [0.25, 0.3) is 0 Å². The van der Waals surface area contributed by atoms with Gasteiger partial charge >= 0.3 is 12.1 Å². The summed E-state index contributed by atoms with van der Waals surface area (Å²) in [5.41, 5.74) is 4.61. The van der Waals surface area contributed by atoms with Crippen LogP contribution in [0, 0.1) is 13.8 Å². The lowest BCUT2D eigenvalue weighted by atomic mass is 10.1. The topological polar surface area (TPSA) is 104 Å². The molecule has 0 unspecified atom stereocenters. The number of hydrogen-bond acceptors (Lipinski definition) is 7. The van der Waals surface area contributed by atoms with Crippen molar-refractivity contribution >= 4 is 40.4 Å². The summed E-state index contributed by atoms with van der Waals surface area (Å²) in [4.78, 5) is 40.3. The Morgan fingerprint density at radius 3 is 2.56 bits per heavy atom. The molecule has 2 aromatic heterocycles. The molecular formula is C26H32N6O4. The average Bonchev–Trinajstić information content (AvgIpc) is 3.40. The molecule has 1 fully saturated rings. The quantitative estimate of drug-likeness (QED) is 0.562. The number of fused-ring (bicyclic) bond motifs is 2. The predicted molar refractivity (Wildman–Crippen MR) is 138 cm³/mol. The lowest BCUT2D eigenvalue weighted by Gasteiger charge is -2.37. The van der Waals surface area contributed by atoms with Gasteiger partial charge in [-0.25, -0.2) is 19.6 Å². The molecule has 2 aliphatic heterocycles. The summed E-state index contributed by atoms with van der Waals surface area (Å²) in [7, 11) is 0. The molecule has 10 heteroatoms. The molecule has 0 radical (unpaired) electrons. The van der Waals surface area contributed by atoms with E-state index in [9.17, 15) is 9.59 Å². The zero-order valence-corrected chi connectivity index (χ0v) is 21.4. The first-order chi connectivity index (χ1) is 17.1. The lowest BCUT2D eigenvalue weighted by molar-refractivity contribution is 0.0240. The summed E-state index contributed by atoms with van der Waals surface area (Å²) >= 11 is 0. The summed E-state index contributed by atoms with van der Waals surface area (Å²) in [5, 5.41) is 3.02. The van der Waals surface area contributed by atoms with Crippen LogP contribution in [0.4, 0.5) is 26.8 Å². The van der Waals surface area contributed by atoms with E-state index in [1.165, 1.54) is 0 Å². The molecule has 0 spiro atoms. The van der Waals surface area contributed by atoms with Crippen LogP contribution in [0.1, 0.15) is 37.8 Å².